The number of aromatic nitrogens is 1. The maximum atomic E-state index is 14.2. The van der Waals surface area contributed by atoms with Crippen LogP contribution in [0, 0.1) is 5.41 Å². The van der Waals surface area contributed by atoms with Gasteiger partial charge in [0.1, 0.15) is 17.6 Å². The first-order chi connectivity index (χ1) is 19.0. The molecule has 40 heavy (non-hydrogen) atoms. The fourth-order valence-electron chi connectivity index (χ4n) is 5.56. The standard InChI is InChI=1S/C29H31F3N4O4/c1-39-22-4-2-3-20(13-22)18-5-7-19(8-6-18)26(29(30,31)32)40-25-15-21(14-24(33)35-25)36-11-9-28(10-12-36)16-23(27(37)38)34-17-28/h2-8,13-15,23,26,34H,9-12,16-17H2,1H3,(H2,33,35)(H,37,38)/t23-,26?/m0/s1. The zero-order chi connectivity index (χ0) is 28.5. The minimum atomic E-state index is -4.70. The third-order valence-corrected chi connectivity index (χ3v) is 7.81. The fourth-order valence-corrected chi connectivity index (χ4v) is 5.56. The van der Waals surface area contributed by atoms with E-state index in [1.807, 2.05) is 17.0 Å². The third kappa shape index (κ3) is 5.94. The summed E-state index contributed by atoms with van der Waals surface area (Å²) >= 11 is 0. The number of nitrogens with two attached hydrogens (primary N) is 1. The van der Waals surface area contributed by atoms with Gasteiger partial charge in [0.2, 0.25) is 12.0 Å². The number of methoxy groups -OCH3 is 1. The number of ether oxygens (including phenoxy) is 2. The molecule has 1 aromatic heterocycles. The Labute approximate surface area is 229 Å². The van der Waals surface area contributed by atoms with Crippen molar-refractivity contribution in [2.45, 2.75) is 37.6 Å². The maximum absolute atomic E-state index is 14.2. The number of benzene rings is 2. The Kier molecular flexibility index (Phi) is 7.50. The Hall–Kier alpha value is -3.99. The second kappa shape index (κ2) is 10.9. The van der Waals surface area contributed by atoms with Gasteiger partial charge in [-0.05, 0) is 47.9 Å². The van der Waals surface area contributed by atoms with E-state index in [9.17, 15) is 23.1 Å². The molecule has 3 heterocycles. The Morgan fingerprint density at radius 3 is 2.48 bits per heavy atom. The van der Waals surface area contributed by atoms with Gasteiger partial charge in [0, 0.05) is 43.0 Å². The lowest BCUT2D eigenvalue weighted by Crippen LogP contribution is -2.41. The van der Waals surface area contributed by atoms with Gasteiger partial charge in [-0.1, -0.05) is 36.4 Å². The molecule has 8 nitrogen and oxygen atoms in total. The lowest BCUT2D eigenvalue weighted by molar-refractivity contribution is -0.198. The van der Waals surface area contributed by atoms with Crippen LogP contribution in [0.5, 0.6) is 11.6 Å². The number of carboxylic acid groups (broad SMARTS) is 1. The van der Waals surface area contributed by atoms with Crippen LogP contribution in [-0.2, 0) is 4.79 Å². The molecule has 1 spiro atoms. The van der Waals surface area contributed by atoms with Gasteiger partial charge in [0.15, 0.2) is 0 Å². The maximum Gasteiger partial charge on any atom is 0.429 e. The van der Waals surface area contributed by atoms with E-state index < -0.39 is 24.3 Å². The van der Waals surface area contributed by atoms with Gasteiger partial charge in [-0.3, -0.25) is 4.79 Å². The van der Waals surface area contributed by atoms with Crippen LogP contribution in [0.4, 0.5) is 24.7 Å². The summed E-state index contributed by atoms with van der Waals surface area (Å²) in [5.41, 5.74) is 7.98. The zero-order valence-electron chi connectivity index (χ0n) is 21.9. The summed E-state index contributed by atoms with van der Waals surface area (Å²) in [7, 11) is 1.55. The average molecular weight is 557 g/mol. The summed E-state index contributed by atoms with van der Waals surface area (Å²) in [5, 5.41) is 12.4. The highest BCUT2D eigenvalue weighted by molar-refractivity contribution is 5.74. The molecule has 2 aliphatic heterocycles. The number of hydrogen-bond acceptors (Lipinski definition) is 7. The predicted octanol–water partition coefficient (Wildman–Crippen LogP) is 5.05. The number of nitrogens with zero attached hydrogens (tertiary/aromatic N) is 2. The number of pyridine rings is 1. The topological polar surface area (TPSA) is 110 Å². The minimum Gasteiger partial charge on any atom is -0.497 e. The quantitative estimate of drug-likeness (QED) is 0.371. The van der Waals surface area contributed by atoms with Crippen molar-refractivity contribution in [3.63, 3.8) is 0 Å². The van der Waals surface area contributed by atoms with Crippen molar-refractivity contribution in [2.24, 2.45) is 5.41 Å². The number of carboxylic acids is 1. The molecule has 2 fully saturated rings. The van der Waals surface area contributed by atoms with Crippen molar-refractivity contribution in [1.82, 2.24) is 10.3 Å². The molecular formula is C29H31F3N4O4. The molecule has 0 radical (unpaired) electrons. The second-order valence-electron chi connectivity index (χ2n) is 10.4. The van der Waals surface area contributed by atoms with Crippen LogP contribution >= 0.6 is 0 Å². The summed E-state index contributed by atoms with van der Waals surface area (Å²) in [4.78, 5) is 17.4. The molecular weight excluding hydrogens is 525 g/mol. The smallest absolute Gasteiger partial charge is 0.429 e. The highest BCUT2D eigenvalue weighted by atomic mass is 19.4. The molecule has 2 aromatic carbocycles. The van der Waals surface area contributed by atoms with E-state index in [-0.39, 0.29) is 22.7 Å². The molecule has 1 unspecified atom stereocenters. The van der Waals surface area contributed by atoms with Gasteiger partial charge in [-0.25, -0.2) is 0 Å². The van der Waals surface area contributed by atoms with Gasteiger partial charge in [-0.2, -0.15) is 18.2 Å². The van der Waals surface area contributed by atoms with Crippen LogP contribution in [0.3, 0.4) is 0 Å². The van der Waals surface area contributed by atoms with Crippen LogP contribution in [0.1, 0.15) is 30.9 Å². The van der Waals surface area contributed by atoms with Crippen molar-refractivity contribution >= 4 is 17.5 Å². The van der Waals surface area contributed by atoms with E-state index in [0.29, 0.717) is 37.5 Å². The molecule has 11 heteroatoms. The monoisotopic (exact) mass is 556 g/mol. The number of halogens is 3. The number of alkyl halides is 3. The van der Waals surface area contributed by atoms with E-state index in [1.165, 1.54) is 18.2 Å². The molecule has 212 valence electrons. The molecule has 2 atom stereocenters. The van der Waals surface area contributed by atoms with Gasteiger partial charge in [0.05, 0.1) is 7.11 Å². The molecule has 0 saturated carbocycles. The number of anilines is 2. The summed E-state index contributed by atoms with van der Waals surface area (Å²) in [5.74, 6) is -0.370. The molecule has 2 aliphatic rings. The van der Waals surface area contributed by atoms with Crippen molar-refractivity contribution in [1.29, 1.82) is 0 Å². The van der Waals surface area contributed by atoms with Crippen LogP contribution in [-0.4, -0.2) is 55.0 Å². The Bertz CT molecular complexity index is 1360. The van der Waals surface area contributed by atoms with Crippen molar-refractivity contribution in [2.75, 3.05) is 37.4 Å². The van der Waals surface area contributed by atoms with Crippen LogP contribution in [0.25, 0.3) is 11.1 Å². The van der Waals surface area contributed by atoms with E-state index in [0.717, 1.165) is 24.0 Å². The van der Waals surface area contributed by atoms with Crippen LogP contribution in [0.2, 0.25) is 0 Å². The van der Waals surface area contributed by atoms with Crippen molar-refractivity contribution in [3.05, 3.63) is 66.2 Å². The summed E-state index contributed by atoms with van der Waals surface area (Å²) < 4.78 is 53.2. The number of piperidine rings is 1. The van der Waals surface area contributed by atoms with Gasteiger partial charge in [0.25, 0.3) is 0 Å². The Morgan fingerprint density at radius 2 is 1.85 bits per heavy atom. The fraction of sp³-hybridized carbons (Fsp3) is 0.379. The number of nitrogen functional groups attached to an aromatic ring is 1. The first-order valence-corrected chi connectivity index (χ1v) is 13.0. The molecule has 3 aromatic rings. The minimum absolute atomic E-state index is 0.0514. The SMILES string of the molecule is COc1cccc(-c2ccc(C(Oc3cc(N4CCC5(CC4)CN[C@H](C(=O)O)C5)cc(N)n3)C(F)(F)F)cc2)c1. The summed E-state index contributed by atoms with van der Waals surface area (Å²) in [6.07, 6.45) is -4.86. The molecule has 2 saturated heterocycles. The van der Waals surface area contributed by atoms with Gasteiger partial charge in [-0.15, -0.1) is 0 Å². The highest BCUT2D eigenvalue weighted by Crippen LogP contribution is 2.42. The Morgan fingerprint density at radius 1 is 1.12 bits per heavy atom. The van der Waals surface area contributed by atoms with Crippen LogP contribution < -0.4 is 25.4 Å². The third-order valence-electron chi connectivity index (χ3n) is 7.81. The van der Waals surface area contributed by atoms with Crippen LogP contribution in [0.15, 0.2) is 60.7 Å². The molecule has 0 aliphatic carbocycles. The first-order valence-electron chi connectivity index (χ1n) is 13.0. The van der Waals surface area contributed by atoms with Crippen molar-refractivity contribution < 1.29 is 32.5 Å². The zero-order valence-corrected chi connectivity index (χ0v) is 21.9. The number of aliphatic carboxylic acids is 1. The normalized spacial score (nSPS) is 19.4. The summed E-state index contributed by atoms with van der Waals surface area (Å²) in [6, 6.07) is 15.8. The molecule has 0 bridgehead atoms. The van der Waals surface area contributed by atoms with E-state index in [1.54, 1.807) is 37.4 Å². The lowest BCUT2D eigenvalue weighted by atomic mass is 9.76. The molecule has 0 amide bonds. The second-order valence-corrected chi connectivity index (χ2v) is 10.4. The Balaban J connectivity index is 1.32. The predicted molar refractivity (Wildman–Crippen MR) is 144 cm³/mol. The van der Waals surface area contributed by atoms with Crippen molar-refractivity contribution in [3.8, 4) is 22.8 Å². The first kappa shape index (κ1) is 27.6. The lowest BCUT2D eigenvalue weighted by Gasteiger charge is -2.40. The van der Waals surface area contributed by atoms with E-state index >= 15 is 0 Å². The summed E-state index contributed by atoms with van der Waals surface area (Å²) in [6.45, 7) is 1.87. The molecule has 5 rings (SSSR count). The molecule has 4 N–H and O–H groups in total. The number of carbonyl (C=O) groups is 1. The number of nitrogens with one attached hydrogen (secondary N) is 1. The largest absolute Gasteiger partial charge is 0.497 e. The highest BCUT2D eigenvalue weighted by Gasteiger charge is 2.45. The van der Waals surface area contributed by atoms with Gasteiger partial charge < -0.3 is 30.5 Å². The van der Waals surface area contributed by atoms with E-state index in [2.05, 4.69) is 10.3 Å². The number of rotatable bonds is 7. The number of hydrogen-bond donors (Lipinski definition) is 3. The van der Waals surface area contributed by atoms with Gasteiger partial charge >= 0.3 is 12.1 Å². The average Bonchev–Trinajstić information content (AvgIpc) is 3.35. The van der Waals surface area contributed by atoms with E-state index in [4.69, 9.17) is 15.2 Å².